The normalized spacial score (nSPS) is 16.2. The van der Waals surface area contributed by atoms with Crippen molar-refractivity contribution >= 4 is 17.5 Å². The maximum Gasteiger partial charge on any atom is 0.263 e. The zero-order valence-electron chi connectivity index (χ0n) is 12.6. The molecule has 1 aromatic rings. The van der Waals surface area contributed by atoms with Gasteiger partial charge in [-0.1, -0.05) is 0 Å². The molecule has 1 aromatic carbocycles. The van der Waals surface area contributed by atoms with Crippen LogP contribution in [0.3, 0.4) is 0 Å². The average Bonchev–Trinajstić information content (AvgIpc) is 2.49. The molecule has 5 nitrogen and oxygen atoms in total. The second-order valence-corrected chi connectivity index (χ2v) is 5.35. The van der Waals surface area contributed by atoms with Gasteiger partial charge in [0.15, 0.2) is 6.10 Å². The first-order valence-electron chi connectivity index (χ1n) is 7.39. The fourth-order valence-electron chi connectivity index (χ4n) is 2.45. The van der Waals surface area contributed by atoms with Crippen molar-refractivity contribution in [1.29, 1.82) is 0 Å². The average molecular weight is 290 g/mol. The summed E-state index contributed by atoms with van der Waals surface area (Å²) in [6.45, 7) is 4.89. The molecule has 21 heavy (non-hydrogen) atoms. The highest BCUT2D eigenvalue weighted by Gasteiger charge is 2.23. The maximum atomic E-state index is 12.3. The minimum atomic E-state index is -0.491. The van der Waals surface area contributed by atoms with Crippen molar-refractivity contribution in [2.24, 2.45) is 0 Å². The lowest BCUT2D eigenvalue weighted by Gasteiger charge is -2.29. The number of likely N-dealkylation sites (tertiary alicyclic amines) is 1. The smallest absolute Gasteiger partial charge is 0.263 e. The number of benzene rings is 1. The van der Waals surface area contributed by atoms with Crippen molar-refractivity contribution in [3.63, 3.8) is 0 Å². The van der Waals surface area contributed by atoms with Crippen LogP contribution >= 0.6 is 0 Å². The second-order valence-electron chi connectivity index (χ2n) is 5.35. The number of hydrogen-bond donors (Lipinski definition) is 1. The summed E-state index contributed by atoms with van der Waals surface area (Å²) in [5.41, 5.74) is 0.713. The summed E-state index contributed by atoms with van der Waals surface area (Å²) in [5, 5.41) is 2.69. The molecule has 0 aromatic heterocycles. The lowest BCUT2D eigenvalue weighted by Crippen LogP contribution is -2.43. The topological polar surface area (TPSA) is 58.6 Å². The van der Waals surface area contributed by atoms with Crippen LogP contribution in [0.4, 0.5) is 5.69 Å². The molecule has 2 amide bonds. The van der Waals surface area contributed by atoms with E-state index in [0.717, 1.165) is 25.9 Å². The third-order valence-corrected chi connectivity index (χ3v) is 3.50. The molecule has 0 spiro atoms. The molecule has 1 N–H and O–H groups in total. The Morgan fingerprint density at radius 3 is 2.33 bits per heavy atom. The fraction of sp³-hybridized carbons (Fsp3) is 0.500. The molecule has 1 saturated heterocycles. The predicted octanol–water partition coefficient (Wildman–Crippen LogP) is 2.42. The summed E-state index contributed by atoms with van der Waals surface area (Å²) >= 11 is 0. The summed E-state index contributed by atoms with van der Waals surface area (Å²) in [5.74, 6) is 0.555. The van der Waals surface area contributed by atoms with Gasteiger partial charge in [-0.3, -0.25) is 9.59 Å². The van der Waals surface area contributed by atoms with Gasteiger partial charge in [0, 0.05) is 25.7 Å². The van der Waals surface area contributed by atoms with Gasteiger partial charge in [-0.25, -0.2) is 0 Å². The SMILES string of the molecule is CC(=O)Nc1ccc(O[C@@H](C)C(=O)N2CCCCC2)cc1. The van der Waals surface area contributed by atoms with Crippen molar-refractivity contribution in [2.45, 2.75) is 39.2 Å². The summed E-state index contributed by atoms with van der Waals surface area (Å²) in [6, 6.07) is 7.03. The minimum absolute atomic E-state index is 0.0423. The van der Waals surface area contributed by atoms with Crippen LogP contribution < -0.4 is 10.1 Å². The first-order chi connectivity index (χ1) is 10.1. The molecule has 1 heterocycles. The molecule has 0 bridgehead atoms. The molecular formula is C16H22N2O3. The fourth-order valence-corrected chi connectivity index (χ4v) is 2.45. The number of rotatable bonds is 4. The Labute approximate surface area is 125 Å². The van der Waals surface area contributed by atoms with Crippen molar-refractivity contribution in [1.82, 2.24) is 4.90 Å². The number of carbonyl (C=O) groups is 2. The van der Waals surface area contributed by atoms with Gasteiger partial charge in [-0.2, -0.15) is 0 Å². The van der Waals surface area contributed by atoms with Crippen LogP contribution in [0, 0.1) is 0 Å². The van der Waals surface area contributed by atoms with Gasteiger partial charge < -0.3 is 15.0 Å². The quantitative estimate of drug-likeness (QED) is 0.926. The van der Waals surface area contributed by atoms with Gasteiger partial charge in [0.25, 0.3) is 5.91 Å². The molecule has 1 aliphatic rings. The van der Waals surface area contributed by atoms with Crippen LogP contribution in [-0.2, 0) is 9.59 Å². The largest absolute Gasteiger partial charge is 0.481 e. The molecule has 0 radical (unpaired) electrons. The number of nitrogens with one attached hydrogen (secondary N) is 1. The number of anilines is 1. The molecule has 1 atom stereocenters. The van der Waals surface area contributed by atoms with E-state index >= 15 is 0 Å². The lowest BCUT2D eigenvalue weighted by molar-refractivity contribution is -0.138. The molecule has 5 heteroatoms. The van der Waals surface area contributed by atoms with Crippen LogP contribution in [0.5, 0.6) is 5.75 Å². The molecule has 0 saturated carbocycles. The van der Waals surface area contributed by atoms with Gasteiger partial charge in [0.05, 0.1) is 0 Å². The third kappa shape index (κ3) is 4.48. The van der Waals surface area contributed by atoms with Gasteiger partial charge in [0.1, 0.15) is 5.75 Å². The summed E-state index contributed by atoms with van der Waals surface area (Å²) in [4.78, 5) is 25.1. The summed E-state index contributed by atoms with van der Waals surface area (Å²) in [7, 11) is 0. The van der Waals surface area contributed by atoms with E-state index in [1.54, 1.807) is 31.2 Å². The van der Waals surface area contributed by atoms with Crippen molar-refractivity contribution in [3.8, 4) is 5.75 Å². The first kappa shape index (κ1) is 15.4. The van der Waals surface area contributed by atoms with E-state index in [1.165, 1.54) is 13.3 Å². The molecule has 0 aliphatic carbocycles. The molecular weight excluding hydrogens is 268 g/mol. The highest BCUT2D eigenvalue weighted by molar-refractivity contribution is 5.88. The van der Waals surface area contributed by atoms with E-state index < -0.39 is 6.10 Å². The number of carbonyl (C=O) groups excluding carboxylic acids is 2. The Bertz CT molecular complexity index is 493. The Kier molecular flexibility index (Phi) is 5.20. The monoisotopic (exact) mass is 290 g/mol. The van der Waals surface area contributed by atoms with Crippen LogP contribution in [0.25, 0.3) is 0 Å². The Hall–Kier alpha value is -2.04. The van der Waals surface area contributed by atoms with E-state index in [2.05, 4.69) is 5.32 Å². The van der Waals surface area contributed by atoms with Gasteiger partial charge in [-0.15, -0.1) is 0 Å². The maximum absolute atomic E-state index is 12.3. The summed E-state index contributed by atoms with van der Waals surface area (Å²) in [6.07, 6.45) is 2.85. The highest BCUT2D eigenvalue weighted by Crippen LogP contribution is 2.18. The Morgan fingerprint density at radius 2 is 1.76 bits per heavy atom. The molecule has 114 valence electrons. The zero-order valence-corrected chi connectivity index (χ0v) is 12.6. The zero-order chi connectivity index (χ0) is 15.2. The Balaban J connectivity index is 1.90. The van der Waals surface area contributed by atoms with E-state index in [0.29, 0.717) is 11.4 Å². The third-order valence-electron chi connectivity index (χ3n) is 3.50. The predicted molar refractivity (Wildman–Crippen MR) is 81.3 cm³/mol. The van der Waals surface area contributed by atoms with E-state index in [1.807, 2.05) is 4.90 Å². The first-order valence-corrected chi connectivity index (χ1v) is 7.39. The number of hydrogen-bond acceptors (Lipinski definition) is 3. The standard InChI is InChI=1S/C16H22N2O3/c1-12(16(20)18-10-4-3-5-11-18)21-15-8-6-14(7-9-15)17-13(2)19/h6-9,12H,3-5,10-11H2,1-2H3,(H,17,19)/t12-/m0/s1. The minimum Gasteiger partial charge on any atom is -0.481 e. The van der Waals surface area contributed by atoms with E-state index in [-0.39, 0.29) is 11.8 Å². The molecule has 2 rings (SSSR count). The van der Waals surface area contributed by atoms with Crippen LogP contribution in [0.1, 0.15) is 33.1 Å². The van der Waals surface area contributed by atoms with Gasteiger partial charge in [-0.05, 0) is 50.5 Å². The van der Waals surface area contributed by atoms with Crippen molar-refractivity contribution < 1.29 is 14.3 Å². The highest BCUT2D eigenvalue weighted by atomic mass is 16.5. The number of amides is 2. The van der Waals surface area contributed by atoms with Crippen LogP contribution in [0.15, 0.2) is 24.3 Å². The van der Waals surface area contributed by atoms with Gasteiger partial charge >= 0.3 is 0 Å². The van der Waals surface area contributed by atoms with Crippen LogP contribution in [0.2, 0.25) is 0 Å². The van der Waals surface area contributed by atoms with Crippen molar-refractivity contribution in [2.75, 3.05) is 18.4 Å². The summed E-state index contributed by atoms with van der Waals surface area (Å²) < 4.78 is 5.69. The lowest BCUT2D eigenvalue weighted by atomic mass is 10.1. The molecule has 0 unspecified atom stereocenters. The molecule has 1 fully saturated rings. The Morgan fingerprint density at radius 1 is 1.14 bits per heavy atom. The van der Waals surface area contributed by atoms with E-state index in [9.17, 15) is 9.59 Å². The van der Waals surface area contributed by atoms with E-state index in [4.69, 9.17) is 4.74 Å². The van der Waals surface area contributed by atoms with Crippen LogP contribution in [-0.4, -0.2) is 35.9 Å². The number of nitrogens with zero attached hydrogens (tertiary/aromatic N) is 1. The van der Waals surface area contributed by atoms with Gasteiger partial charge in [0.2, 0.25) is 5.91 Å². The second kappa shape index (κ2) is 7.11. The van der Waals surface area contributed by atoms with Crippen molar-refractivity contribution in [3.05, 3.63) is 24.3 Å². The number of piperidine rings is 1. The number of ether oxygens (including phenoxy) is 1. The molecule has 1 aliphatic heterocycles.